The Bertz CT molecular complexity index is 847. The summed E-state index contributed by atoms with van der Waals surface area (Å²) >= 11 is 6.50. The summed E-state index contributed by atoms with van der Waals surface area (Å²) in [5, 5.41) is 8.67. The summed E-state index contributed by atoms with van der Waals surface area (Å²) in [5.74, 6) is 2.61. The second kappa shape index (κ2) is 7.11. The zero-order chi connectivity index (χ0) is 17.1. The Kier molecular flexibility index (Phi) is 4.92. The van der Waals surface area contributed by atoms with Gasteiger partial charge in [-0.15, -0.1) is 0 Å². The lowest BCUT2D eigenvalue weighted by atomic mass is 10.2. The maximum Gasteiger partial charge on any atom is 0.231 e. The molecule has 0 atom stereocenters. The Labute approximate surface area is 154 Å². The minimum Gasteiger partial charge on any atom is -0.454 e. The van der Waals surface area contributed by atoms with E-state index in [2.05, 4.69) is 31.9 Å². The third-order valence-corrected chi connectivity index (χ3v) is 4.54. The number of benzene rings is 2. The van der Waals surface area contributed by atoms with E-state index < -0.39 is 0 Å². The maximum absolute atomic E-state index is 10.5. The topological polar surface area (TPSA) is 77.8 Å². The van der Waals surface area contributed by atoms with Crippen molar-refractivity contribution in [1.29, 1.82) is 5.26 Å². The first-order chi connectivity index (χ1) is 11.6. The molecule has 0 N–H and O–H groups in total. The van der Waals surface area contributed by atoms with Crippen LogP contribution in [0.4, 0.5) is 0 Å². The van der Waals surface area contributed by atoms with Gasteiger partial charge in [0.15, 0.2) is 29.3 Å². The highest BCUT2D eigenvalue weighted by atomic mass is 79.9. The molecule has 2 aromatic rings. The number of hydrogen-bond donors (Lipinski definition) is 0. The van der Waals surface area contributed by atoms with E-state index in [4.69, 9.17) is 24.2 Å². The third-order valence-electron chi connectivity index (χ3n) is 3.20. The van der Waals surface area contributed by atoms with E-state index in [0.717, 1.165) is 15.2 Å². The molecule has 0 aromatic heterocycles. The number of rotatable bonds is 1. The fourth-order valence-electron chi connectivity index (χ4n) is 2.03. The van der Waals surface area contributed by atoms with Crippen LogP contribution in [0.3, 0.4) is 0 Å². The molecular weight excluding hydrogens is 446 g/mol. The molecule has 2 aliphatic rings. The second-order valence-electron chi connectivity index (χ2n) is 4.64. The van der Waals surface area contributed by atoms with Gasteiger partial charge in [0.1, 0.15) is 6.07 Å². The van der Waals surface area contributed by atoms with Crippen LogP contribution in [0, 0.1) is 11.3 Å². The van der Waals surface area contributed by atoms with Crippen LogP contribution in [0.25, 0.3) is 0 Å². The van der Waals surface area contributed by atoms with E-state index in [1.165, 1.54) is 0 Å². The van der Waals surface area contributed by atoms with Crippen molar-refractivity contribution in [2.24, 2.45) is 0 Å². The highest BCUT2D eigenvalue weighted by Crippen LogP contribution is 2.37. The van der Waals surface area contributed by atoms with Crippen LogP contribution in [0.15, 0.2) is 33.2 Å². The van der Waals surface area contributed by atoms with Crippen molar-refractivity contribution in [2.45, 2.75) is 0 Å². The fourth-order valence-corrected chi connectivity index (χ4v) is 2.85. The highest BCUT2D eigenvalue weighted by Gasteiger charge is 2.16. The molecular formula is C16H9Br2NO5. The number of halogens is 2. The number of aldehydes is 1. The van der Waals surface area contributed by atoms with Crippen molar-refractivity contribution < 1.29 is 23.7 Å². The van der Waals surface area contributed by atoms with E-state index in [0.29, 0.717) is 34.1 Å². The van der Waals surface area contributed by atoms with Crippen LogP contribution in [0.5, 0.6) is 23.0 Å². The average Bonchev–Trinajstić information content (AvgIpc) is 3.21. The molecule has 24 heavy (non-hydrogen) atoms. The molecule has 0 unspecified atom stereocenters. The van der Waals surface area contributed by atoms with Crippen LogP contribution >= 0.6 is 31.9 Å². The first-order valence-corrected chi connectivity index (χ1v) is 8.24. The summed E-state index contributed by atoms with van der Waals surface area (Å²) in [6, 6.07) is 8.82. The third kappa shape index (κ3) is 3.32. The molecule has 8 heteroatoms. The Hall–Kier alpha value is -2.24. The lowest BCUT2D eigenvalue weighted by Crippen LogP contribution is -1.92. The molecule has 2 heterocycles. The molecule has 6 nitrogen and oxygen atoms in total. The first kappa shape index (κ1) is 16.6. The van der Waals surface area contributed by atoms with Crippen molar-refractivity contribution in [3.05, 3.63) is 44.3 Å². The number of fused-ring (bicyclic) bond motifs is 2. The van der Waals surface area contributed by atoms with Crippen molar-refractivity contribution in [3.63, 3.8) is 0 Å². The molecule has 0 spiro atoms. The van der Waals surface area contributed by atoms with Crippen LogP contribution < -0.4 is 18.9 Å². The molecule has 0 amide bonds. The van der Waals surface area contributed by atoms with Gasteiger partial charge in [0.05, 0.1) is 5.56 Å². The van der Waals surface area contributed by atoms with Gasteiger partial charge in [-0.25, -0.2) is 0 Å². The molecule has 0 fully saturated rings. The summed E-state index contributed by atoms with van der Waals surface area (Å²) in [6.45, 7) is 0.459. The summed E-state index contributed by atoms with van der Waals surface area (Å²) in [4.78, 5) is 10.5. The first-order valence-electron chi connectivity index (χ1n) is 6.66. The van der Waals surface area contributed by atoms with Crippen LogP contribution in [-0.4, -0.2) is 19.9 Å². The molecule has 0 bridgehead atoms. The van der Waals surface area contributed by atoms with E-state index in [-0.39, 0.29) is 13.6 Å². The number of nitriles is 1. The minimum absolute atomic E-state index is 0.226. The van der Waals surface area contributed by atoms with E-state index in [9.17, 15) is 4.79 Å². The number of carbonyl (C=O) groups excluding carboxylic acids is 1. The molecule has 0 saturated heterocycles. The normalized spacial score (nSPS) is 12.9. The van der Waals surface area contributed by atoms with Gasteiger partial charge in [-0.1, -0.05) is 0 Å². The van der Waals surface area contributed by atoms with Gasteiger partial charge in [-0.3, -0.25) is 4.79 Å². The zero-order valence-electron chi connectivity index (χ0n) is 12.0. The summed E-state index contributed by atoms with van der Waals surface area (Å²) in [5.41, 5.74) is 1.12. The maximum atomic E-state index is 10.5. The highest BCUT2D eigenvalue weighted by molar-refractivity contribution is 9.10. The Morgan fingerprint density at radius 2 is 1.38 bits per heavy atom. The summed E-state index contributed by atoms with van der Waals surface area (Å²) in [6.07, 6.45) is 0.770. The molecule has 2 aromatic carbocycles. The van der Waals surface area contributed by atoms with E-state index >= 15 is 0 Å². The largest absolute Gasteiger partial charge is 0.454 e. The van der Waals surface area contributed by atoms with Crippen LogP contribution in [0.2, 0.25) is 0 Å². The van der Waals surface area contributed by atoms with Gasteiger partial charge < -0.3 is 18.9 Å². The van der Waals surface area contributed by atoms with Gasteiger partial charge in [-0.05, 0) is 50.1 Å². The number of nitrogens with zero attached hydrogens (tertiary/aromatic N) is 1. The Morgan fingerprint density at radius 1 is 0.875 bits per heavy atom. The summed E-state index contributed by atoms with van der Waals surface area (Å²) < 4.78 is 21.9. The van der Waals surface area contributed by atoms with E-state index in [1.807, 2.05) is 6.07 Å². The van der Waals surface area contributed by atoms with Gasteiger partial charge in [0.2, 0.25) is 13.6 Å². The number of hydrogen-bond acceptors (Lipinski definition) is 6. The fraction of sp³-hybridized carbons (Fsp3) is 0.125. The zero-order valence-corrected chi connectivity index (χ0v) is 15.2. The lowest BCUT2D eigenvalue weighted by Gasteiger charge is -1.98. The quantitative estimate of drug-likeness (QED) is 0.605. The smallest absolute Gasteiger partial charge is 0.231 e. The molecule has 0 aliphatic carbocycles. The minimum atomic E-state index is 0.226. The summed E-state index contributed by atoms with van der Waals surface area (Å²) in [7, 11) is 0. The lowest BCUT2D eigenvalue weighted by molar-refractivity contribution is 0.112. The van der Waals surface area contributed by atoms with Crippen LogP contribution in [0.1, 0.15) is 15.9 Å². The average molecular weight is 455 g/mol. The van der Waals surface area contributed by atoms with Crippen molar-refractivity contribution >= 4 is 38.1 Å². The number of ether oxygens (including phenoxy) is 4. The van der Waals surface area contributed by atoms with Gasteiger partial charge in [0.25, 0.3) is 0 Å². The van der Waals surface area contributed by atoms with E-state index in [1.54, 1.807) is 24.3 Å². The molecule has 0 saturated carbocycles. The SMILES string of the molecule is N#Cc1cc2c(cc1Br)OCO2.O=Cc1cc2c(cc1Br)OCO2. The predicted octanol–water partition coefficient (Wildman–Crippen LogP) is 4.04. The molecule has 4 rings (SSSR count). The van der Waals surface area contributed by atoms with Crippen molar-refractivity contribution in [3.8, 4) is 29.1 Å². The Morgan fingerprint density at radius 3 is 1.92 bits per heavy atom. The van der Waals surface area contributed by atoms with Crippen LogP contribution in [-0.2, 0) is 0 Å². The second-order valence-corrected chi connectivity index (χ2v) is 6.35. The molecule has 122 valence electrons. The van der Waals surface area contributed by atoms with Gasteiger partial charge >= 0.3 is 0 Å². The molecule has 2 aliphatic heterocycles. The molecule has 0 radical (unpaired) electrons. The monoisotopic (exact) mass is 453 g/mol. The standard InChI is InChI=1S/C8H4BrNO2.C8H5BrO3/c2*9-6-2-8-7(11-4-12-8)1-5(6)3-10/h1-2H,4H2;1-3H,4H2. The Balaban J connectivity index is 0.000000141. The van der Waals surface area contributed by atoms with Crippen molar-refractivity contribution in [2.75, 3.05) is 13.6 Å². The number of carbonyl (C=O) groups is 1. The van der Waals surface area contributed by atoms with Gasteiger partial charge in [0, 0.05) is 20.6 Å². The van der Waals surface area contributed by atoms with Crippen molar-refractivity contribution in [1.82, 2.24) is 0 Å². The predicted molar refractivity (Wildman–Crippen MR) is 90.6 cm³/mol. The van der Waals surface area contributed by atoms with Gasteiger partial charge in [-0.2, -0.15) is 5.26 Å².